The van der Waals surface area contributed by atoms with Gasteiger partial charge in [0.05, 0.1) is 5.69 Å². The fraction of sp³-hybridized carbons (Fsp3) is 0.167. The molecule has 0 fully saturated rings. The zero-order chi connectivity index (χ0) is 12.4. The van der Waals surface area contributed by atoms with Gasteiger partial charge in [-0.1, -0.05) is 0 Å². The molecule has 0 bridgehead atoms. The average molecular weight is 240 g/mol. The monoisotopic (exact) mass is 240 g/mol. The van der Waals surface area contributed by atoms with Crippen molar-refractivity contribution in [1.82, 2.24) is 4.57 Å². The molecule has 1 N–H and O–H groups in total. The average Bonchev–Trinajstić information content (AvgIpc) is 2.71. The van der Waals surface area contributed by atoms with Crippen LogP contribution in [0.2, 0.25) is 0 Å². The van der Waals surface area contributed by atoms with Gasteiger partial charge in [-0.05, 0) is 23.8 Å². The topological polar surface area (TPSA) is 17.0 Å². The molecule has 0 amide bonds. The molecule has 1 aromatic carbocycles. The molecule has 17 heavy (non-hydrogen) atoms. The summed E-state index contributed by atoms with van der Waals surface area (Å²) in [5.41, 5.74) is 0.879. The van der Waals surface area contributed by atoms with Crippen LogP contribution in [-0.4, -0.2) is 4.57 Å². The Morgan fingerprint density at radius 3 is 2.53 bits per heavy atom. The van der Waals surface area contributed by atoms with Gasteiger partial charge < -0.3 is 9.88 Å². The van der Waals surface area contributed by atoms with Crippen LogP contribution in [0.5, 0.6) is 0 Å². The molecule has 0 aliphatic heterocycles. The second-order valence-corrected chi connectivity index (χ2v) is 3.76. The van der Waals surface area contributed by atoms with Gasteiger partial charge in [-0.15, -0.1) is 0 Å². The summed E-state index contributed by atoms with van der Waals surface area (Å²) in [6.45, 7) is 0.350. The molecule has 1 aromatic heterocycles. The maximum absolute atomic E-state index is 13.3. The van der Waals surface area contributed by atoms with E-state index < -0.39 is 17.5 Å². The number of hydrogen-bond donors (Lipinski definition) is 1. The first-order chi connectivity index (χ1) is 8.08. The van der Waals surface area contributed by atoms with Crippen molar-refractivity contribution in [2.75, 3.05) is 5.32 Å². The van der Waals surface area contributed by atoms with Crippen molar-refractivity contribution in [3.8, 4) is 0 Å². The summed E-state index contributed by atoms with van der Waals surface area (Å²) in [6, 6.07) is 3.92. The van der Waals surface area contributed by atoms with Crippen molar-refractivity contribution in [2.24, 2.45) is 7.05 Å². The molecule has 5 heteroatoms. The number of benzene rings is 1. The van der Waals surface area contributed by atoms with E-state index in [0.29, 0.717) is 6.54 Å². The first-order valence-electron chi connectivity index (χ1n) is 5.06. The maximum Gasteiger partial charge on any atom is 0.196 e. The zero-order valence-electron chi connectivity index (χ0n) is 9.17. The molecule has 0 atom stereocenters. The van der Waals surface area contributed by atoms with E-state index in [1.165, 1.54) is 6.07 Å². The molecule has 0 saturated carbocycles. The number of halogens is 3. The zero-order valence-corrected chi connectivity index (χ0v) is 9.17. The molecular weight excluding hydrogens is 229 g/mol. The Kier molecular flexibility index (Phi) is 3.08. The van der Waals surface area contributed by atoms with E-state index in [0.717, 1.165) is 11.6 Å². The van der Waals surface area contributed by atoms with E-state index in [9.17, 15) is 13.2 Å². The number of aryl methyl sites for hydroxylation is 1. The maximum atomic E-state index is 13.3. The van der Waals surface area contributed by atoms with Crippen molar-refractivity contribution >= 4 is 5.69 Å². The summed E-state index contributed by atoms with van der Waals surface area (Å²) in [5.74, 6) is -3.84. The first-order valence-corrected chi connectivity index (χ1v) is 5.06. The van der Waals surface area contributed by atoms with Gasteiger partial charge in [0, 0.05) is 26.0 Å². The number of hydrogen-bond acceptors (Lipinski definition) is 1. The molecule has 0 aliphatic rings. The van der Waals surface area contributed by atoms with Crippen LogP contribution in [0.4, 0.5) is 18.9 Å². The van der Waals surface area contributed by atoms with Gasteiger partial charge in [0.2, 0.25) is 0 Å². The first kappa shape index (κ1) is 11.6. The summed E-state index contributed by atoms with van der Waals surface area (Å²) in [6.07, 6.45) is 3.70. The molecule has 0 saturated heterocycles. The summed E-state index contributed by atoms with van der Waals surface area (Å²) >= 11 is 0. The van der Waals surface area contributed by atoms with E-state index in [4.69, 9.17) is 0 Å². The lowest BCUT2D eigenvalue weighted by molar-refractivity contribution is 0.449. The van der Waals surface area contributed by atoms with Crippen molar-refractivity contribution in [3.05, 3.63) is 53.6 Å². The van der Waals surface area contributed by atoms with Crippen molar-refractivity contribution in [3.63, 3.8) is 0 Å². The quantitative estimate of drug-likeness (QED) is 0.816. The fourth-order valence-electron chi connectivity index (χ4n) is 1.53. The number of nitrogens with zero attached hydrogens (tertiary/aromatic N) is 1. The number of rotatable bonds is 3. The van der Waals surface area contributed by atoms with Crippen LogP contribution in [0.15, 0.2) is 30.6 Å². The minimum Gasteiger partial charge on any atom is -0.378 e. The van der Waals surface area contributed by atoms with Gasteiger partial charge in [-0.2, -0.15) is 0 Å². The Hall–Kier alpha value is -1.91. The van der Waals surface area contributed by atoms with Crippen LogP contribution in [0.3, 0.4) is 0 Å². The lowest BCUT2D eigenvalue weighted by Gasteiger charge is -2.07. The Morgan fingerprint density at radius 1 is 1.12 bits per heavy atom. The molecular formula is C12H11F3N2. The highest BCUT2D eigenvalue weighted by Gasteiger charge is 2.12. The predicted octanol–water partition coefficient (Wildman–Crippen LogP) is 3.05. The van der Waals surface area contributed by atoms with Gasteiger partial charge in [0.25, 0.3) is 0 Å². The van der Waals surface area contributed by atoms with Crippen molar-refractivity contribution in [1.29, 1.82) is 0 Å². The molecule has 0 spiro atoms. The molecule has 90 valence electrons. The van der Waals surface area contributed by atoms with Gasteiger partial charge in [0.1, 0.15) is 0 Å². The Morgan fingerprint density at radius 2 is 1.88 bits per heavy atom. The van der Waals surface area contributed by atoms with Crippen LogP contribution in [0.25, 0.3) is 0 Å². The predicted molar refractivity (Wildman–Crippen MR) is 59.1 cm³/mol. The fourth-order valence-corrected chi connectivity index (χ4v) is 1.53. The van der Waals surface area contributed by atoms with Crippen LogP contribution in [0.1, 0.15) is 5.56 Å². The normalized spacial score (nSPS) is 10.6. The number of anilines is 1. The standard InChI is InChI=1S/C12H11F3N2/c1-17-5-4-8(7-17)6-16-10-3-2-9(13)11(14)12(10)15/h2-5,7,16H,6H2,1H3. The molecule has 2 nitrogen and oxygen atoms in total. The summed E-state index contributed by atoms with van der Waals surface area (Å²) < 4.78 is 40.7. The second-order valence-electron chi connectivity index (χ2n) is 3.76. The van der Waals surface area contributed by atoms with Crippen LogP contribution >= 0.6 is 0 Å². The van der Waals surface area contributed by atoms with Crippen molar-refractivity contribution < 1.29 is 13.2 Å². The molecule has 0 unspecified atom stereocenters. The molecule has 0 radical (unpaired) electrons. The third-order valence-corrected chi connectivity index (χ3v) is 2.41. The SMILES string of the molecule is Cn1ccc(CNc2ccc(F)c(F)c2F)c1. The largest absolute Gasteiger partial charge is 0.378 e. The number of aromatic nitrogens is 1. The smallest absolute Gasteiger partial charge is 0.196 e. The summed E-state index contributed by atoms with van der Waals surface area (Å²) in [5, 5.41) is 2.72. The molecule has 2 aromatic rings. The van der Waals surface area contributed by atoms with Gasteiger partial charge in [-0.25, -0.2) is 13.2 Å². The Balaban J connectivity index is 2.12. The van der Waals surface area contributed by atoms with E-state index in [1.54, 1.807) is 0 Å². The minimum absolute atomic E-state index is 0.0484. The summed E-state index contributed by atoms with van der Waals surface area (Å²) in [7, 11) is 1.86. The van der Waals surface area contributed by atoms with E-state index in [2.05, 4.69) is 5.32 Å². The lowest BCUT2D eigenvalue weighted by atomic mass is 10.2. The highest BCUT2D eigenvalue weighted by atomic mass is 19.2. The molecule has 2 rings (SSSR count). The highest BCUT2D eigenvalue weighted by Crippen LogP contribution is 2.20. The van der Waals surface area contributed by atoms with Crippen LogP contribution in [-0.2, 0) is 13.6 Å². The van der Waals surface area contributed by atoms with Gasteiger partial charge in [0.15, 0.2) is 17.5 Å². The van der Waals surface area contributed by atoms with Crippen LogP contribution in [0, 0.1) is 17.5 Å². The van der Waals surface area contributed by atoms with Gasteiger partial charge >= 0.3 is 0 Å². The van der Waals surface area contributed by atoms with Crippen molar-refractivity contribution in [2.45, 2.75) is 6.54 Å². The minimum atomic E-state index is -1.46. The second kappa shape index (κ2) is 4.53. The number of nitrogens with one attached hydrogen (secondary N) is 1. The van der Waals surface area contributed by atoms with E-state index in [1.807, 2.05) is 30.1 Å². The third kappa shape index (κ3) is 2.43. The Bertz CT molecular complexity index is 535. The molecule has 0 aliphatic carbocycles. The third-order valence-electron chi connectivity index (χ3n) is 2.41. The van der Waals surface area contributed by atoms with Crippen LogP contribution < -0.4 is 5.32 Å². The highest BCUT2D eigenvalue weighted by molar-refractivity contribution is 5.45. The van der Waals surface area contributed by atoms with Gasteiger partial charge in [-0.3, -0.25) is 0 Å². The summed E-state index contributed by atoms with van der Waals surface area (Å²) in [4.78, 5) is 0. The van der Waals surface area contributed by atoms with E-state index >= 15 is 0 Å². The lowest BCUT2D eigenvalue weighted by Crippen LogP contribution is -2.03. The molecule has 1 heterocycles. The van der Waals surface area contributed by atoms with E-state index in [-0.39, 0.29) is 5.69 Å². The Labute approximate surface area is 96.7 Å².